The van der Waals surface area contributed by atoms with Crippen LogP contribution in [0, 0.1) is 6.92 Å². The first kappa shape index (κ1) is 18.1. The molecule has 26 heavy (non-hydrogen) atoms. The summed E-state index contributed by atoms with van der Waals surface area (Å²) in [5, 5.41) is 13.4. The minimum atomic E-state index is -0.944. The lowest BCUT2D eigenvalue weighted by atomic mass is 9.73. The molecule has 0 unspecified atom stereocenters. The van der Waals surface area contributed by atoms with E-state index in [1.54, 1.807) is 11.8 Å². The monoisotopic (exact) mass is 359 g/mol. The topological polar surface area (TPSA) is 106 Å². The maximum Gasteiger partial charge on any atom is 0.314 e. The molecular weight excluding hydrogens is 338 g/mol. The largest absolute Gasteiger partial charge is 0.481 e. The van der Waals surface area contributed by atoms with Crippen LogP contribution in [0.15, 0.2) is 34.9 Å². The van der Waals surface area contributed by atoms with Crippen LogP contribution < -0.4 is 0 Å². The highest BCUT2D eigenvalue weighted by Crippen LogP contribution is 2.35. The summed E-state index contributed by atoms with van der Waals surface area (Å²) < 4.78 is 10.2. The van der Waals surface area contributed by atoms with Gasteiger partial charge in [-0.25, -0.2) is 0 Å². The van der Waals surface area contributed by atoms with Gasteiger partial charge in [-0.15, -0.1) is 0 Å². The molecule has 8 heteroatoms. The lowest BCUT2D eigenvalue weighted by Crippen LogP contribution is -2.49. The predicted molar refractivity (Wildman–Crippen MR) is 90.3 cm³/mol. The molecule has 1 fully saturated rings. The van der Waals surface area contributed by atoms with Crippen molar-refractivity contribution in [3.63, 3.8) is 0 Å². The highest BCUT2D eigenvalue weighted by molar-refractivity contribution is 5.83. The zero-order valence-corrected chi connectivity index (χ0v) is 14.6. The van der Waals surface area contributed by atoms with E-state index in [1.807, 2.05) is 30.3 Å². The van der Waals surface area contributed by atoms with Gasteiger partial charge in [0.1, 0.15) is 13.2 Å². The number of aliphatic carboxylic acids is 1. The number of ether oxygens (including phenoxy) is 1. The van der Waals surface area contributed by atoms with Crippen LogP contribution in [0.1, 0.15) is 30.1 Å². The van der Waals surface area contributed by atoms with Crippen molar-refractivity contribution in [1.82, 2.24) is 15.0 Å². The van der Waals surface area contributed by atoms with Crippen molar-refractivity contribution in [2.24, 2.45) is 0 Å². The molecule has 1 aliphatic rings. The van der Waals surface area contributed by atoms with E-state index in [4.69, 9.17) is 9.26 Å². The van der Waals surface area contributed by atoms with Crippen molar-refractivity contribution in [2.75, 3.05) is 19.7 Å². The Morgan fingerprint density at radius 2 is 1.96 bits per heavy atom. The van der Waals surface area contributed by atoms with Gasteiger partial charge in [-0.2, -0.15) is 4.98 Å². The van der Waals surface area contributed by atoms with Crippen LogP contribution in [0.4, 0.5) is 0 Å². The molecule has 2 heterocycles. The van der Waals surface area contributed by atoms with E-state index >= 15 is 0 Å². The van der Waals surface area contributed by atoms with E-state index in [-0.39, 0.29) is 19.1 Å². The van der Waals surface area contributed by atoms with Gasteiger partial charge in [0, 0.05) is 13.1 Å². The van der Waals surface area contributed by atoms with Gasteiger partial charge in [-0.3, -0.25) is 9.59 Å². The third-order valence-electron chi connectivity index (χ3n) is 4.73. The summed E-state index contributed by atoms with van der Waals surface area (Å²) in [5.41, 5.74) is -0.164. The summed E-state index contributed by atoms with van der Waals surface area (Å²) >= 11 is 0. The number of nitrogens with zero attached hydrogens (tertiary/aromatic N) is 3. The first-order valence-corrected chi connectivity index (χ1v) is 8.45. The molecule has 0 radical (unpaired) electrons. The van der Waals surface area contributed by atoms with Crippen LogP contribution in [0.25, 0.3) is 0 Å². The second kappa shape index (κ2) is 7.65. The molecule has 1 saturated heterocycles. The Hall–Kier alpha value is -2.74. The maximum atomic E-state index is 12.3. The van der Waals surface area contributed by atoms with E-state index in [2.05, 4.69) is 10.1 Å². The Kier molecular flexibility index (Phi) is 5.32. The molecule has 1 N–H and O–H groups in total. The number of hydrogen-bond acceptors (Lipinski definition) is 6. The van der Waals surface area contributed by atoms with E-state index in [0.717, 1.165) is 5.56 Å². The average Bonchev–Trinajstić information content (AvgIpc) is 3.07. The smallest absolute Gasteiger partial charge is 0.314 e. The molecule has 0 spiro atoms. The number of benzene rings is 1. The van der Waals surface area contributed by atoms with E-state index in [9.17, 15) is 14.7 Å². The SMILES string of the molecule is Cc1noc(COCC(=O)N2CCC(C(=O)O)(c3ccccc3)CC2)n1. The Balaban J connectivity index is 1.55. The van der Waals surface area contributed by atoms with Gasteiger partial charge >= 0.3 is 5.97 Å². The number of carbonyl (C=O) groups excluding carboxylic acids is 1. The molecule has 1 aromatic carbocycles. The van der Waals surface area contributed by atoms with E-state index in [1.165, 1.54) is 0 Å². The number of carbonyl (C=O) groups is 2. The standard InChI is InChI=1S/C18H21N3O5/c1-13-19-15(26-20-13)11-25-12-16(22)21-9-7-18(8-10-21,17(23)24)14-5-3-2-4-6-14/h2-6H,7-12H2,1H3,(H,23,24). The van der Waals surface area contributed by atoms with Crippen molar-refractivity contribution in [1.29, 1.82) is 0 Å². The van der Waals surface area contributed by atoms with Crippen LogP contribution in [-0.4, -0.2) is 51.7 Å². The number of rotatable bonds is 6. The van der Waals surface area contributed by atoms with Gasteiger partial charge in [0.2, 0.25) is 5.91 Å². The Labute approximate surface area is 150 Å². The van der Waals surface area contributed by atoms with E-state index < -0.39 is 11.4 Å². The summed E-state index contributed by atoms with van der Waals surface area (Å²) in [6, 6.07) is 9.21. The normalized spacial score (nSPS) is 16.4. The summed E-state index contributed by atoms with van der Waals surface area (Å²) in [4.78, 5) is 29.9. The van der Waals surface area contributed by atoms with Crippen LogP contribution in [0.5, 0.6) is 0 Å². The zero-order chi connectivity index (χ0) is 18.6. The molecule has 0 bridgehead atoms. The van der Waals surface area contributed by atoms with Crippen molar-refractivity contribution in [3.05, 3.63) is 47.6 Å². The number of amides is 1. The lowest BCUT2D eigenvalue weighted by Gasteiger charge is -2.39. The number of aromatic nitrogens is 2. The van der Waals surface area contributed by atoms with Crippen LogP contribution >= 0.6 is 0 Å². The fourth-order valence-electron chi connectivity index (χ4n) is 3.24. The van der Waals surface area contributed by atoms with Crippen molar-refractivity contribution in [2.45, 2.75) is 31.8 Å². The Morgan fingerprint density at radius 3 is 2.54 bits per heavy atom. The van der Waals surface area contributed by atoms with Gasteiger partial charge in [-0.1, -0.05) is 35.5 Å². The van der Waals surface area contributed by atoms with Crippen LogP contribution in [0.3, 0.4) is 0 Å². The third kappa shape index (κ3) is 3.75. The highest BCUT2D eigenvalue weighted by Gasteiger charge is 2.43. The maximum absolute atomic E-state index is 12.3. The molecular formula is C18H21N3O5. The number of carboxylic acid groups (broad SMARTS) is 1. The van der Waals surface area contributed by atoms with E-state index in [0.29, 0.717) is 37.6 Å². The van der Waals surface area contributed by atoms with Crippen LogP contribution in [-0.2, 0) is 26.3 Å². The molecule has 138 valence electrons. The third-order valence-corrected chi connectivity index (χ3v) is 4.73. The minimum Gasteiger partial charge on any atom is -0.481 e. The number of carboxylic acids is 1. The molecule has 0 aliphatic carbocycles. The quantitative estimate of drug-likeness (QED) is 0.834. The highest BCUT2D eigenvalue weighted by atomic mass is 16.5. The van der Waals surface area contributed by atoms with Gasteiger partial charge in [-0.05, 0) is 25.3 Å². The Morgan fingerprint density at radius 1 is 1.27 bits per heavy atom. The molecule has 8 nitrogen and oxygen atoms in total. The van der Waals surface area contributed by atoms with Crippen LogP contribution in [0.2, 0.25) is 0 Å². The van der Waals surface area contributed by atoms with Gasteiger partial charge < -0.3 is 19.3 Å². The van der Waals surface area contributed by atoms with Crippen molar-refractivity contribution >= 4 is 11.9 Å². The van der Waals surface area contributed by atoms with Gasteiger partial charge in [0.05, 0.1) is 5.41 Å². The summed E-state index contributed by atoms with van der Waals surface area (Å²) in [6.07, 6.45) is 0.752. The number of aryl methyl sites for hydroxylation is 1. The molecule has 1 aliphatic heterocycles. The second-order valence-corrected chi connectivity index (χ2v) is 6.36. The first-order valence-electron chi connectivity index (χ1n) is 8.45. The molecule has 1 amide bonds. The zero-order valence-electron chi connectivity index (χ0n) is 14.6. The summed E-state index contributed by atoms with van der Waals surface area (Å²) in [6.45, 7) is 2.43. The number of likely N-dealkylation sites (tertiary alicyclic amines) is 1. The average molecular weight is 359 g/mol. The van der Waals surface area contributed by atoms with Crippen molar-refractivity contribution < 1.29 is 24.0 Å². The van der Waals surface area contributed by atoms with Gasteiger partial charge in [0.15, 0.2) is 5.82 Å². The predicted octanol–water partition coefficient (Wildman–Crippen LogP) is 1.54. The fourth-order valence-corrected chi connectivity index (χ4v) is 3.24. The van der Waals surface area contributed by atoms with Crippen molar-refractivity contribution in [3.8, 4) is 0 Å². The molecule has 2 aromatic rings. The second-order valence-electron chi connectivity index (χ2n) is 6.36. The molecule has 3 rings (SSSR count). The summed E-state index contributed by atoms with van der Waals surface area (Å²) in [5.74, 6) is -0.188. The first-order chi connectivity index (χ1) is 12.5. The fraction of sp³-hybridized carbons (Fsp3) is 0.444. The number of hydrogen-bond donors (Lipinski definition) is 1. The lowest BCUT2D eigenvalue weighted by molar-refractivity contribution is -0.149. The number of piperidine rings is 1. The Bertz CT molecular complexity index is 766. The van der Waals surface area contributed by atoms with Gasteiger partial charge in [0.25, 0.3) is 5.89 Å². The molecule has 0 saturated carbocycles. The molecule has 0 atom stereocenters. The minimum absolute atomic E-state index is 0.0729. The summed E-state index contributed by atoms with van der Waals surface area (Å²) in [7, 11) is 0. The molecule has 1 aromatic heterocycles.